The third kappa shape index (κ3) is 6.17. The molecule has 0 unspecified atom stereocenters. The van der Waals surface area contributed by atoms with Crippen LogP contribution in [0, 0.1) is 0 Å². The Labute approximate surface area is 90.3 Å². The second-order valence-electron chi connectivity index (χ2n) is 3.16. The van der Waals surface area contributed by atoms with E-state index in [1.165, 1.54) is 0 Å². The average Bonchev–Trinajstić information content (AvgIpc) is 2.29. The largest absolute Gasteiger partial charge is 0.394 e. The lowest BCUT2D eigenvalue weighted by molar-refractivity contribution is 0.0940. The van der Waals surface area contributed by atoms with Gasteiger partial charge in [0.15, 0.2) is 0 Å². The third-order valence-electron chi connectivity index (χ3n) is 1.94. The lowest BCUT2D eigenvalue weighted by Gasteiger charge is -2.04. The minimum Gasteiger partial charge on any atom is -0.394 e. The van der Waals surface area contributed by atoms with E-state index < -0.39 is 0 Å². The lowest BCUT2D eigenvalue weighted by atomic mass is 10.3. The van der Waals surface area contributed by atoms with Gasteiger partial charge in [-0.2, -0.15) is 0 Å². The van der Waals surface area contributed by atoms with Gasteiger partial charge in [-0.3, -0.25) is 4.98 Å². The van der Waals surface area contributed by atoms with Crippen molar-refractivity contribution in [2.45, 2.75) is 6.42 Å². The zero-order valence-corrected chi connectivity index (χ0v) is 8.85. The van der Waals surface area contributed by atoms with Crippen molar-refractivity contribution in [3.05, 3.63) is 30.1 Å². The Balaban J connectivity index is 1.93. The third-order valence-corrected chi connectivity index (χ3v) is 1.94. The van der Waals surface area contributed by atoms with Crippen molar-refractivity contribution in [1.29, 1.82) is 0 Å². The van der Waals surface area contributed by atoms with Crippen molar-refractivity contribution in [2.75, 3.05) is 32.9 Å². The van der Waals surface area contributed by atoms with Crippen molar-refractivity contribution in [1.82, 2.24) is 10.3 Å². The highest BCUT2D eigenvalue weighted by Crippen LogP contribution is 1.92. The van der Waals surface area contributed by atoms with Crippen LogP contribution < -0.4 is 5.32 Å². The van der Waals surface area contributed by atoms with Crippen molar-refractivity contribution in [3.8, 4) is 0 Å². The Morgan fingerprint density at radius 1 is 1.27 bits per heavy atom. The number of rotatable bonds is 8. The molecule has 2 N–H and O–H groups in total. The fourth-order valence-electron chi connectivity index (χ4n) is 1.20. The molecule has 0 radical (unpaired) electrons. The van der Waals surface area contributed by atoms with Crippen molar-refractivity contribution < 1.29 is 9.84 Å². The second kappa shape index (κ2) is 8.35. The standard InChI is InChI=1S/C11H18N2O2/c14-8-10-15-9-7-12-6-4-11-3-1-2-5-13-11/h1-3,5,12,14H,4,6-10H2. The maximum atomic E-state index is 8.46. The van der Waals surface area contributed by atoms with Gasteiger partial charge in [0.25, 0.3) is 0 Å². The molecule has 4 nitrogen and oxygen atoms in total. The molecule has 0 spiro atoms. The summed E-state index contributed by atoms with van der Waals surface area (Å²) in [6.45, 7) is 2.87. The SMILES string of the molecule is OCCOCCNCCc1ccccn1. The van der Waals surface area contributed by atoms with Gasteiger partial charge in [-0.15, -0.1) is 0 Å². The summed E-state index contributed by atoms with van der Waals surface area (Å²) < 4.78 is 5.11. The zero-order chi connectivity index (χ0) is 10.8. The highest BCUT2D eigenvalue weighted by Gasteiger charge is 1.92. The highest BCUT2D eigenvalue weighted by molar-refractivity contribution is 5.03. The molecule has 0 aromatic carbocycles. The van der Waals surface area contributed by atoms with E-state index in [2.05, 4.69) is 10.3 Å². The van der Waals surface area contributed by atoms with E-state index in [0.717, 1.165) is 25.2 Å². The van der Waals surface area contributed by atoms with Crippen LogP contribution in [0.1, 0.15) is 5.69 Å². The topological polar surface area (TPSA) is 54.4 Å². The molecule has 1 aromatic heterocycles. The number of nitrogens with zero attached hydrogens (tertiary/aromatic N) is 1. The summed E-state index contributed by atoms with van der Waals surface area (Å²) in [4.78, 5) is 4.22. The normalized spacial score (nSPS) is 10.5. The monoisotopic (exact) mass is 210 g/mol. The van der Waals surface area contributed by atoms with Crippen LogP contribution in [-0.4, -0.2) is 43.0 Å². The van der Waals surface area contributed by atoms with Crippen molar-refractivity contribution in [2.24, 2.45) is 0 Å². The van der Waals surface area contributed by atoms with E-state index in [-0.39, 0.29) is 6.61 Å². The molecular formula is C11H18N2O2. The van der Waals surface area contributed by atoms with Crippen LogP contribution in [0.3, 0.4) is 0 Å². The van der Waals surface area contributed by atoms with Crippen LogP contribution in [0.15, 0.2) is 24.4 Å². The first-order chi connectivity index (χ1) is 7.43. The first-order valence-electron chi connectivity index (χ1n) is 5.22. The predicted octanol–water partition coefficient (Wildman–Crippen LogP) is 0.223. The molecule has 0 saturated carbocycles. The average molecular weight is 210 g/mol. The number of hydrogen-bond donors (Lipinski definition) is 2. The minimum absolute atomic E-state index is 0.0912. The van der Waals surface area contributed by atoms with Gasteiger partial charge >= 0.3 is 0 Å². The molecule has 0 bridgehead atoms. The fourth-order valence-corrected chi connectivity index (χ4v) is 1.20. The van der Waals surface area contributed by atoms with Gasteiger partial charge in [0, 0.05) is 31.4 Å². The number of hydrogen-bond acceptors (Lipinski definition) is 4. The molecule has 1 heterocycles. The smallest absolute Gasteiger partial charge is 0.0698 e. The molecule has 0 saturated heterocycles. The van der Waals surface area contributed by atoms with Gasteiger partial charge in [-0.1, -0.05) is 6.07 Å². The molecule has 0 atom stereocenters. The number of aliphatic hydroxyl groups excluding tert-OH is 1. The molecule has 1 rings (SSSR count). The first-order valence-corrected chi connectivity index (χ1v) is 5.22. The van der Waals surface area contributed by atoms with Gasteiger partial charge in [-0.25, -0.2) is 0 Å². The van der Waals surface area contributed by atoms with Gasteiger partial charge in [0.05, 0.1) is 19.8 Å². The van der Waals surface area contributed by atoms with Crippen LogP contribution >= 0.6 is 0 Å². The minimum atomic E-state index is 0.0912. The van der Waals surface area contributed by atoms with Gasteiger partial charge in [0.2, 0.25) is 0 Å². The van der Waals surface area contributed by atoms with E-state index in [1.54, 1.807) is 6.20 Å². The maximum Gasteiger partial charge on any atom is 0.0698 e. The summed E-state index contributed by atoms with van der Waals surface area (Å²) in [6.07, 6.45) is 2.74. The Bertz CT molecular complexity index is 242. The van der Waals surface area contributed by atoms with Crippen LogP contribution in [-0.2, 0) is 11.2 Å². The van der Waals surface area contributed by atoms with Crippen LogP contribution in [0.2, 0.25) is 0 Å². The van der Waals surface area contributed by atoms with Crippen molar-refractivity contribution >= 4 is 0 Å². The molecular weight excluding hydrogens is 192 g/mol. The molecule has 4 heteroatoms. The highest BCUT2D eigenvalue weighted by atomic mass is 16.5. The Morgan fingerprint density at radius 3 is 2.93 bits per heavy atom. The molecule has 1 aromatic rings. The molecule has 0 aliphatic heterocycles. The fraction of sp³-hybridized carbons (Fsp3) is 0.545. The summed E-state index contributed by atoms with van der Waals surface area (Å²) in [5, 5.41) is 11.7. The Kier molecular flexibility index (Phi) is 6.73. The summed E-state index contributed by atoms with van der Waals surface area (Å²) in [5.74, 6) is 0. The molecule has 84 valence electrons. The summed E-state index contributed by atoms with van der Waals surface area (Å²) in [5.41, 5.74) is 1.10. The van der Waals surface area contributed by atoms with Gasteiger partial charge in [-0.05, 0) is 12.1 Å². The van der Waals surface area contributed by atoms with E-state index in [9.17, 15) is 0 Å². The molecule has 0 fully saturated rings. The van der Waals surface area contributed by atoms with Crippen LogP contribution in [0.4, 0.5) is 0 Å². The number of aliphatic hydroxyl groups is 1. The second-order valence-corrected chi connectivity index (χ2v) is 3.16. The maximum absolute atomic E-state index is 8.46. The van der Waals surface area contributed by atoms with Crippen molar-refractivity contribution in [3.63, 3.8) is 0 Å². The molecule has 0 aliphatic carbocycles. The molecule has 0 aliphatic rings. The number of aromatic nitrogens is 1. The molecule has 15 heavy (non-hydrogen) atoms. The summed E-state index contributed by atoms with van der Waals surface area (Å²) in [7, 11) is 0. The number of pyridine rings is 1. The van der Waals surface area contributed by atoms with E-state index >= 15 is 0 Å². The molecule has 0 amide bonds. The summed E-state index contributed by atoms with van der Waals surface area (Å²) >= 11 is 0. The van der Waals surface area contributed by atoms with E-state index in [1.807, 2.05) is 18.2 Å². The van der Waals surface area contributed by atoms with Crippen LogP contribution in [0.25, 0.3) is 0 Å². The van der Waals surface area contributed by atoms with Crippen LogP contribution in [0.5, 0.6) is 0 Å². The van der Waals surface area contributed by atoms with Gasteiger partial charge < -0.3 is 15.2 Å². The first kappa shape index (κ1) is 12.1. The van der Waals surface area contributed by atoms with E-state index in [4.69, 9.17) is 9.84 Å². The number of ether oxygens (including phenoxy) is 1. The number of nitrogens with one attached hydrogen (secondary N) is 1. The van der Waals surface area contributed by atoms with Gasteiger partial charge in [0.1, 0.15) is 0 Å². The predicted molar refractivity (Wildman–Crippen MR) is 58.7 cm³/mol. The zero-order valence-electron chi connectivity index (χ0n) is 8.85. The Morgan fingerprint density at radius 2 is 2.20 bits per heavy atom. The summed E-state index contributed by atoms with van der Waals surface area (Å²) in [6, 6.07) is 5.93. The van der Waals surface area contributed by atoms with E-state index in [0.29, 0.717) is 13.2 Å². The lowest BCUT2D eigenvalue weighted by Crippen LogP contribution is -2.23. The Hall–Kier alpha value is -0.970. The quantitative estimate of drug-likeness (QED) is 0.603.